The molecule has 6 heteroatoms. The van der Waals surface area contributed by atoms with E-state index in [-0.39, 0.29) is 0 Å². The van der Waals surface area contributed by atoms with Crippen molar-refractivity contribution in [3.63, 3.8) is 0 Å². The number of halogens is 1. The zero-order valence-electron chi connectivity index (χ0n) is 8.94. The Balaban J connectivity index is 2.30. The number of aromatic nitrogens is 3. The minimum absolute atomic E-state index is 0.624. The van der Waals surface area contributed by atoms with E-state index in [2.05, 4.69) is 10.1 Å². The smallest absolute Gasteiger partial charge is 0.123 e. The lowest BCUT2D eigenvalue weighted by molar-refractivity contribution is 0.693. The molecule has 0 saturated heterocycles. The van der Waals surface area contributed by atoms with E-state index in [1.54, 1.807) is 16.9 Å². The van der Waals surface area contributed by atoms with Crippen molar-refractivity contribution in [1.29, 1.82) is 0 Å². The van der Waals surface area contributed by atoms with Gasteiger partial charge >= 0.3 is 0 Å². The largest absolute Gasteiger partial charge is 0.395 e. The molecule has 2 rings (SSSR count). The zero-order valence-corrected chi connectivity index (χ0v) is 10.5. The number of nitrogens with two attached hydrogens (primary N) is 1. The molecule has 2 aromatic heterocycles. The Bertz CT molecular complexity index is 506. The average Bonchev–Trinajstić information content (AvgIpc) is 2.48. The van der Waals surface area contributed by atoms with Gasteiger partial charge in [0.25, 0.3) is 0 Å². The lowest BCUT2D eigenvalue weighted by Gasteiger charge is -2.02. The summed E-state index contributed by atoms with van der Waals surface area (Å²) in [5.41, 5.74) is 7.45. The second kappa shape index (κ2) is 4.35. The number of hydrogen-bond donors (Lipinski definition) is 1. The molecule has 0 radical (unpaired) electrons. The van der Waals surface area contributed by atoms with Crippen LogP contribution in [0.15, 0.2) is 28.4 Å². The average molecular weight is 255 g/mol. The van der Waals surface area contributed by atoms with E-state index in [1.165, 1.54) is 11.8 Å². The van der Waals surface area contributed by atoms with Gasteiger partial charge in [0.05, 0.1) is 16.4 Å². The predicted octanol–water partition coefficient (Wildman–Crippen LogP) is 2.51. The second-order valence-electron chi connectivity index (χ2n) is 3.34. The van der Waals surface area contributed by atoms with Crippen molar-refractivity contribution in [2.24, 2.45) is 7.05 Å². The minimum atomic E-state index is 0.624. The third-order valence-corrected chi connectivity index (χ3v) is 3.47. The first-order chi connectivity index (χ1) is 7.58. The predicted molar refractivity (Wildman–Crippen MR) is 65.7 cm³/mol. The standard InChI is InChI=1S/C10H11ClN4S/c1-6-9(12)10(15(2)14-6)16-8-4-3-7(11)5-13-8/h3-5H,12H2,1-2H3. The maximum atomic E-state index is 5.92. The topological polar surface area (TPSA) is 56.7 Å². The first kappa shape index (κ1) is 11.3. The highest BCUT2D eigenvalue weighted by atomic mass is 35.5. The number of hydrogen-bond acceptors (Lipinski definition) is 4. The molecule has 0 spiro atoms. The van der Waals surface area contributed by atoms with Crippen LogP contribution < -0.4 is 5.73 Å². The molecular weight excluding hydrogens is 244 g/mol. The lowest BCUT2D eigenvalue weighted by Crippen LogP contribution is -1.94. The number of pyridine rings is 1. The van der Waals surface area contributed by atoms with E-state index in [1.807, 2.05) is 20.0 Å². The fourth-order valence-corrected chi connectivity index (χ4v) is 2.28. The van der Waals surface area contributed by atoms with Gasteiger partial charge < -0.3 is 5.73 Å². The monoisotopic (exact) mass is 254 g/mol. The van der Waals surface area contributed by atoms with Gasteiger partial charge in [0.15, 0.2) is 0 Å². The fourth-order valence-electron chi connectivity index (χ4n) is 1.30. The van der Waals surface area contributed by atoms with Gasteiger partial charge in [-0.05, 0) is 30.8 Å². The molecule has 0 unspecified atom stereocenters. The van der Waals surface area contributed by atoms with Crippen LogP contribution in [-0.2, 0) is 7.05 Å². The maximum Gasteiger partial charge on any atom is 0.123 e. The first-order valence-corrected chi connectivity index (χ1v) is 5.86. The molecule has 16 heavy (non-hydrogen) atoms. The van der Waals surface area contributed by atoms with Crippen molar-refractivity contribution in [3.8, 4) is 0 Å². The fraction of sp³-hybridized carbons (Fsp3) is 0.200. The molecule has 0 aliphatic rings. The number of aryl methyl sites for hydroxylation is 2. The number of nitrogen functional groups attached to an aromatic ring is 1. The van der Waals surface area contributed by atoms with Gasteiger partial charge in [0.1, 0.15) is 10.1 Å². The third kappa shape index (κ3) is 2.15. The van der Waals surface area contributed by atoms with Gasteiger partial charge in [-0.25, -0.2) is 4.98 Å². The Morgan fingerprint density at radius 1 is 1.44 bits per heavy atom. The third-order valence-electron chi connectivity index (χ3n) is 2.12. The molecule has 2 N–H and O–H groups in total. The number of anilines is 1. The van der Waals surface area contributed by atoms with Crippen molar-refractivity contribution in [2.45, 2.75) is 17.0 Å². The Hall–Kier alpha value is -1.20. The van der Waals surface area contributed by atoms with Crippen LogP contribution in [0.2, 0.25) is 5.02 Å². The lowest BCUT2D eigenvalue weighted by atomic mass is 10.4. The molecule has 0 aliphatic heterocycles. The van der Waals surface area contributed by atoms with Crippen LogP contribution in [0.25, 0.3) is 0 Å². The highest BCUT2D eigenvalue weighted by Crippen LogP contribution is 2.32. The van der Waals surface area contributed by atoms with Gasteiger partial charge in [-0.1, -0.05) is 11.6 Å². The van der Waals surface area contributed by atoms with Crippen LogP contribution in [0.3, 0.4) is 0 Å². The Morgan fingerprint density at radius 2 is 2.19 bits per heavy atom. The molecule has 0 amide bonds. The summed E-state index contributed by atoms with van der Waals surface area (Å²) in [6.07, 6.45) is 1.61. The van der Waals surface area contributed by atoms with E-state index < -0.39 is 0 Å². The molecule has 84 valence electrons. The van der Waals surface area contributed by atoms with Gasteiger partial charge in [-0.2, -0.15) is 5.10 Å². The van der Waals surface area contributed by atoms with Gasteiger partial charge in [-0.15, -0.1) is 0 Å². The molecule has 0 saturated carbocycles. The first-order valence-electron chi connectivity index (χ1n) is 4.66. The Labute approximate surface area is 103 Å². The summed E-state index contributed by atoms with van der Waals surface area (Å²) in [5.74, 6) is 0. The zero-order chi connectivity index (χ0) is 11.7. The summed E-state index contributed by atoms with van der Waals surface area (Å²) in [6.45, 7) is 1.88. The normalized spacial score (nSPS) is 10.7. The quantitative estimate of drug-likeness (QED) is 0.895. The van der Waals surface area contributed by atoms with Crippen molar-refractivity contribution < 1.29 is 0 Å². The summed E-state index contributed by atoms with van der Waals surface area (Å²) in [6, 6.07) is 3.66. The van der Waals surface area contributed by atoms with Gasteiger partial charge in [0.2, 0.25) is 0 Å². The summed E-state index contributed by atoms with van der Waals surface area (Å²) in [4.78, 5) is 4.20. The Kier molecular flexibility index (Phi) is 3.07. The number of nitrogens with zero attached hydrogens (tertiary/aromatic N) is 3. The van der Waals surface area contributed by atoms with E-state index in [9.17, 15) is 0 Å². The van der Waals surface area contributed by atoms with Gasteiger partial charge in [0, 0.05) is 13.2 Å². The van der Waals surface area contributed by atoms with E-state index >= 15 is 0 Å². The Morgan fingerprint density at radius 3 is 2.69 bits per heavy atom. The van der Waals surface area contributed by atoms with E-state index in [0.29, 0.717) is 10.7 Å². The SMILES string of the molecule is Cc1nn(C)c(Sc2ccc(Cl)cn2)c1N. The van der Waals surface area contributed by atoms with Crippen molar-refractivity contribution >= 4 is 29.1 Å². The molecule has 2 aromatic rings. The van der Waals surface area contributed by atoms with Crippen LogP contribution in [0, 0.1) is 6.92 Å². The number of rotatable bonds is 2. The summed E-state index contributed by atoms with van der Waals surface area (Å²) >= 11 is 7.24. The highest BCUT2D eigenvalue weighted by molar-refractivity contribution is 7.99. The maximum absolute atomic E-state index is 5.92. The highest BCUT2D eigenvalue weighted by Gasteiger charge is 2.11. The van der Waals surface area contributed by atoms with E-state index in [4.69, 9.17) is 17.3 Å². The van der Waals surface area contributed by atoms with Crippen molar-refractivity contribution in [3.05, 3.63) is 29.0 Å². The molecule has 0 fully saturated rings. The molecular formula is C10H11ClN4S. The summed E-state index contributed by atoms with van der Waals surface area (Å²) in [7, 11) is 1.86. The molecule has 0 aliphatic carbocycles. The molecule has 0 aromatic carbocycles. The minimum Gasteiger partial charge on any atom is -0.395 e. The van der Waals surface area contributed by atoms with Crippen LogP contribution in [-0.4, -0.2) is 14.8 Å². The van der Waals surface area contributed by atoms with Gasteiger partial charge in [-0.3, -0.25) is 4.68 Å². The molecule has 4 nitrogen and oxygen atoms in total. The molecule has 2 heterocycles. The van der Waals surface area contributed by atoms with Crippen LogP contribution in [0.1, 0.15) is 5.69 Å². The molecule has 0 atom stereocenters. The van der Waals surface area contributed by atoms with Crippen LogP contribution in [0.5, 0.6) is 0 Å². The van der Waals surface area contributed by atoms with Crippen LogP contribution in [0.4, 0.5) is 5.69 Å². The molecule has 0 bridgehead atoms. The second-order valence-corrected chi connectivity index (χ2v) is 4.79. The van der Waals surface area contributed by atoms with Crippen molar-refractivity contribution in [2.75, 3.05) is 5.73 Å². The summed E-state index contributed by atoms with van der Waals surface area (Å²) < 4.78 is 1.76. The van der Waals surface area contributed by atoms with Crippen LogP contribution >= 0.6 is 23.4 Å². The van der Waals surface area contributed by atoms with E-state index in [0.717, 1.165) is 15.7 Å². The van der Waals surface area contributed by atoms with Crippen molar-refractivity contribution in [1.82, 2.24) is 14.8 Å². The summed E-state index contributed by atoms with van der Waals surface area (Å²) in [5, 5.41) is 6.61.